The highest BCUT2D eigenvalue weighted by Gasteiger charge is 2.20. The number of ether oxygens (including phenoxy) is 1. The summed E-state index contributed by atoms with van der Waals surface area (Å²) in [7, 11) is 0. The first-order valence-electron chi connectivity index (χ1n) is 3.85. The van der Waals surface area contributed by atoms with Crippen molar-refractivity contribution in [3.8, 4) is 0 Å². The van der Waals surface area contributed by atoms with Crippen LogP contribution in [0.2, 0.25) is 0 Å². The minimum atomic E-state index is -0.0956. The number of hydrogen-bond acceptors (Lipinski definition) is 2. The molecule has 3 nitrogen and oxygen atoms in total. The van der Waals surface area contributed by atoms with Gasteiger partial charge in [-0.1, -0.05) is 6.58 Å². The van der Waals surface area contributed by atoms with Crippen molar-refractivity contribution in [3.05, 3.63) is 12.7 Å². The van der Waals surface area contributed by atoms with E-state index in [9.17, 15) is 4.79 Å². The van der Waals surface area contributed by atoms with Gasteiger partial charge >= 0.3 is 0 Å². The van der Waals surface area contributed by atoms with Crippen LogP contribution in [0, 0.1) is 0 Å². The van der Waals surface area contributed by atoms with Crippen molar-refractivity contribution in [2.75, 3.05) is 13.2 Å². The van der Waals surface area contributed by atoms with E-state index in [4.69, 9.17) is 4.74 Å². The fourth-order valence-corrected chi connectivity index (χ4v) is 0.848. The highest BCUT2D eigenvalue weighted by Crippen LogP contribution is 2.14. The van der Waals surface area contributed by atoms with Gasteiger partial charge in [0.1, 0.15) is 0 Å². The topological polar surface area (TPSA) is 41.6 Å². The van der Waals surface area contributed by atoms with E-state index in [0.717, 1.165) is 26.0 Å². The van der Waals surface area contributed by atoms with E-state index in [0.29, 0.717) is 6.10 Å². The minimum absolute atomic E-state index is 0.0956. The van der Waals surface area contributed by atoms with Gasteiger partial charge in [-0.05, 0) is 18.9 Å². The summed E-state index contributed by atoms with van der Waals surface area (Å²) in [5.74, 6) is -0.0956. The third-order valence-corrected chi connectivity index (χ3v) is 1.59. The Bertz CT molecular complexity index is 152. The maximum absolute atomic E-state index is 10.6. The molecule has 1 unspecified atom stereocenters. The van der Waals surface area contributed by atoms with Crippen molar-refractivity contribution >= 4 is 5.91 Å². The maximum Gasteiger partial charge on any atom is 0.243 e. The van der Waals surface area contributed by atoms with Crippen molar-refractivity contribution in [2.45, 2.75) is 18.9 Å². The molecule has 0 saturated carbocycles. The molecule has 62 valence electrons. The summed E-state index contributed by atoms with van der Waals surface area (Å²) in [5.41, 5.74) is 0. The van der Waals surface area contributed by atoms with Crippen LogP contribution in [0.1, 0.15) is 12.8 Å². The van der Waals surface area contributed by atoms with E-state index in [1.165, 1.54) is 6.08 Å². The zero-order chi connectivity index (χ0) is 8.10. The molecule has 1 heterocycles. The van der Waals surface area contributed by atoms with Crippen LogP contribution in [-0.4, -0.2) is 25.2 Å². The first kappa shape index (κ1) is 8.27. The second-order valence-corrected chi connectivity index (χ2v) is 2.59. The highest BCUT2D eigenvalue weighted by molar-refractivity contribution is 5.86. The normalized spacial score (nSPS) is 20.9. The lowest BCUT2D eigenvalue weighted by Gasteiger charge is -1.98. The van der Waals surface area contributed by atoms with Crippen molar-refractivity contribution < 1.29 is 9.53 Å². The van der Waals surface area contributed by atoms with Gasteiger partial charge in [-0.3, -0.25) is 4.79 Å². The summed E-state index contributed by atoms with van der Waals surface area (Å²) in [4.78, 5) is 10.6. The van der Waals surface area contributed by atoms with Crippen LogP contribution in [0.15, 0.2) is 12.7 Å². The van der Waals surface area contributed by atoms with Gasteiger partial charge < -0.3 is 10.1 Å². The molecule has 3 heteroatoms. The molecular formula is C8H13NO2. The average molecular weight is 155 g/mol. The number of rotatable bonds is 5. The van der Waals surface area contributed by atoms with E-state index >= 15 is 0 Å². The van der Waals surface area contributed by atoms with Crippen LogP contribution in [0.25, 0.3) is 0 Å². The SMILES string of the molecule is C=CC(=O)NCCCC1CO1. The summed E-state index contributed by atoms with van der Waals surface area (Å²) in [6, 6.07) is 0. The monoisotopic (exact) mass is 155 g/mol. The van der Waals surface area contributed by atoms with Gasteiger partial charge in [0.15, 0.2) is 0 Å². The third kappa shape index (κ3) is 3.78. The lowest BCUT2D eigenvalue weighted by atomic mass is 10.2. The van der Waals surface area contributed by atoms with E-state index in [1.807, 2.05) is 0 Å². The molecule has 0 aromatic rings. The Hall–Kier alpha value is -0.830. The fourth-order valence-electron chi connectivity index (χ4n) is 0.848. The Morgan fingerprint density at radius 2 is 2.55 bits per heavy atom. The predicted molar refractivity (Wildman–Crippen MR) is 42.2 cm³/mol. The molecule has 0 radical (unpaired) electrons. The summed E-state index contributed by atoms with van der Waals surface area (Å²) in [5, 5.41) is 2.70. The molecule has 1 aliphatic heterocycles. The molecule has 1 aliphatic rings. The highest BCUT2D eigenvalue weighted by atomic mass is 16.6. The van der Waals surface area contributed by atoms with E-state index < -0.39 is 0 Å². The molecule has 0 spiro atoms. The molecular weight excluding hydrogens is 142 g/mol. The van der Waals surface area contributed by atoms with Gasteiger partial charge in [-0.15, -0.1) is 0 Å². The van der Waals surface area contributed by atoms with Crippen LogP contribution in [0.5, 0.6) is 0 Å². The van der Waals surface area contributed by atoms with E-state index in [2.05, 4.69) is 11.9 Å². The van der Waals surface area contributed by atoms with Gasteiger partial charge in [-0.2, -0.15) is 0 Å². The minimum Gasteiger partial charge on any atom is -0.373 e. The van der Waals surface area contributed by atoms with Crippen LogP contribution in [-0.2, 0) is 9.53 Å². The molecule has 11 heavy (non-hydrogen) atoms. The molecule has 1 N–H and O–H groups in total. The van der Waals surface area contributed by atoms with Crippen LogP contribution < -0.4 is 5.32 Å². The standard InChI is InChI=1S/C8H13NO2/c1-2-8(10)9-5-3-4-7-6-11-7/h2,7H,1,3-6H2,(H,9,10). The summed E-state index contributed by atoms with van der Waals surface area (Å²) in [6.45, 7) is 4.98. The summed E-state index contributed by atoms with van der Waals surface area (Å²) < 4.78 is 5.01. The van der Waals surface area contributed by atoms with E-state index in [1.54, 1.807) is 0 Å². The van der Waals surface area contributed by atoms with Gasteiger partial charge in [-0.25, -0.2) is 0 Å². The van der Waals surface area contributed by atoms with Crippen molar-refractivity contribution in [1.82, 2.24) is 5.32 Å². The third-order valence-electron chi connectivity index (χ3n) is 1.59. The van der Waals surface area contributed by atoms with Crippen LogP contribution in [0.4, 0.5) is 0 Å². The average Bonchev–Trinajstić information content (AvgIpc) is 2.81. The van der Waals surface area contributed by atoms with Gasteiger partial charge in [0.05, 0.1) is 12.7 Å². The Labute approximate surface area is 66.4 Å². The first-order valence-corrected chi connectivity index (χ1v) is 3.85. The quantitative estimate of drug-likeness (QED) is 0.356. The second kappa shape index (κ2) is 4.13. The Morgan fingerprint density at radius 1 is 1.82 bits per heavy atom. The summed E-state index contributed by atoms with van der Waals surface area (Å²) >= 11 is 0. The van der Waals surface area contributed by atoms with Crippen molar-refractivity contribution in [3.63, 3.8) is 0 Å². The molecule has 0 bridgehead atoms. The van der Waals surface area contributed by atoms with Crippen LogP contribution >= 0.6 is 0 Å². The number of epoxide rings is 1. The number of nitrogens with one attached hydrogen (secondary N) is 1. The molecule has 0 aromatic carbocycles. The Morgan fingerprint density at radius 3 is 3.09 bits per heavy atom. The number of carbonyl (C=O) groups excluding carboxylic acids is 1. The molecule has 1 rings (SSSR count). The Balaban J connectivity index is 1.86. The van der Waals surface area contributed by atoms with Crippen LogP contribution in [0.3, 0.4) is 0 Å². The molecule has 1 atom stereocenters. The molecule has 1 amide bonds. The Kier molecular flexibility index (Phi) is 3.11. The largest absolute Gasteiger partial charge is 0.373 e. The molecule has 0 aliphatic carbocycles. The zero-order valence-corrected chi connectivity index (χ0v) is 6.51. The predicted octanol–water partition coefficient (Wildman–Crippen LogP) is 0.468. The fraction of sp³-hybridized carbons (Fsp3) is 0.625. The maximum atomic E-state index is 10.6. The number of hydrogen-bond donors (Lipinski definition) is 1. The zero-order valence-electron chi connectivity index (χ0n) is 6.51. The molecule has 1 saturated heterocycles. The molecule has 1 fully saturated rings. The summed E-state index contributed by atoms with van der Waals surface area (Å²) in [6.07, 6.45) is 3.80. The lowest BCUT2D eigenvalue weighted by molar-refractivity contribution is -0.116. The van der Waals surface area contributed by atoms with Crippen molar-refractivity contribution in [2.24, 2.45) is 0 Å². The van der Waals surface area contributed by atoms with Gasteiger partial charge in [0.25, 0.3) is 0 Å². The van der Waals surface area contributed by atoms with E-state index in [-0.39, 0.29) is 5.91 Å². The number of carbonyl (C=O) groups is 1. The first-order chi connectivity index (χ1) is 5.33. The molecule has 0 aromatic heterocycles. The number of amides is 1. The van der Waals surface area contributed by atoms with Gasteiger partial charge in [0, 0.05) is 6.54 Å². The lowest BCUT2D eigenvalue weighted by Crippen LogP contribution is -2.21. The van der Waals surface area contributed by atoms with Gasteiger partial charge in [0.2, 0.25) is 5.91 Å². The second-order valence-electron chi connectivity index (χ2n) is 2.59. The smallest absolute Gasteiger partial charge is 0.243 e. The van der Waals surface area contributed by atoms with Crippen molar-refractivity contribution in [1.29, 1.82) is 0 Å².